The fraction of sp³-hybridized carbons (Fsp3) is 0.267. The molecule has 0 amide bonds. The molecular formula is C15H17N3OS. The molecule has 2 heterocycles. The summed E-state index contributed by atoms with van der Waals surface area (Å²) in [4.78, 5) is 5.43. The van der Waals surface area contributed by atoms with Crippen molar-refractivity contribution in [2.45, 2.75) is 19.5 Å². The Hall–Kier alpha value is -1.85. The molecule has 1 N–H and O–H groups in total. The van der Waals surface area contributed by atoms with E-state index in [2.05, 4.69) is 45.9 Å². The summed E-state index contributed by atoms with van der Waals surface area (Å²) in [5.41, 5.74) is 2.34. The van der Waals surface area contributed by atoms with Crippen LogP contribution in [-0.4, -0.2) is 16.5 Å². The van der Waals surface area contributed by atoms with Crippen molar-refractivity contribution in [1.82, 2.24) is 14.7 Å². The average Bonchev–Trinajstić information content (AvgIpc) is 3.06. The second kappa shape index (κ2) is 5.64. The number of ether oxygens (including phenoxy) is 1. The Morgan fingerprint density at radius 3 is 2.90 bits per heavy atom. The van der Waals surface area contributed by atoms with Crippen molar-refractivity contribution in [2.24, 2.45) is 0 Å². The van der Waals surface area contributed by atoms with Crippen LogP contribution in [0.3, 0.4) is 0 Å². The standard InChI is InChI=1S/C15H17N3OS/c1-11(12-6-4-3-5-7-12)16-10-13-14(19-2)17-15-18(13)8-9-20-15/h3-9,11,16H,10H2,1-2H3/t11-/m0/s1. The lowest BCUT2D eigenvalue weighted by Crippen LogP contribution is -2.19. The van der Waals surface area contributed by atoms with E-state index >= 15 is 0 Å². The number of benzene rings is 1. The van der Waals surface area contributed by atoms with Crippen LogP contribution in [-0.2, 0) is 6.54 Å². The first-order valence-electron chi connectivity index (χ1n) is 6.56. The van der Waals surface area contributed by atoms with E-state index in [-0.39, 0.29) is 6.04 Å². The van der Waals surface area contributed by atoms with Crippen molar-refractivity contribution in [1.29, 1.82) is 0 Å². The largest absolute Gasteiger partial charge is 0.480 e. The van der Waals surface area contributed by atoms with Gasteiger partial charge in [0, 0.05) is 24.2 Å². The van der Waals surface area contributed by atoms with Crippen molar-refractivity contribution in [3.63, 3.8) is 0 Å². The zero-order valence-corrected chi connectivity index (χ0v) is 12.4. The minimum Gasteiger partial charge on any atom is -0.480 e. The van der Waals surface area contributed by atoms with Gasteiger partial charge in [-0.25, -0.2) is 0 Å². The molecule has 0 fully saturated rings. The predicted molar refractivity (Wildman–Crippen MR) is 81.3 cm³/mol. The number of hydrogen-bond acceptors (Lipinski definition) is 4. The van der Waals surface area contributed by atoms with Crippen molar-refractivity contribution < 1.29 is 4.74 Å². The summed E-state index contributed by atoms with van der Waals surface area (Å²) >= 11 is 1.61. The molecule has 0 saturated carbocycles. The smallest absolute Gasteiger partial charge is 0.237 e. The predicted octanol–water partition coefficient (Wildman–Crippen LogP) is 3.26. The van der Waals surface area contributed by atoms with Crippen LogP contribution < -0.4 is 10.1 Å². The summed E-state index contributed by atoms with van der Waals surface area (Å²) in [6, 6.07) is 10.7. The summed E-state index contributed by atoms with van der Waals surface area (Å²) in [5.74, 6) is 0.699. The van der Waals surface area contributed by atoms with E-state index < -0.39 is 0 Å². The number of aromatic nitrogens is 2. The van der Waals surface area contributed by atoms with Gasteiger partial charge in [0.05, 0.1) is 7.11 Å². The Kier molecular flexibility index (Phi) is 3.71. The lowest BCUT2D eigenvalue weighted by molar-refractivity contribution is 0.391. The Morgan fingerprint density at radius 1 is 1.35 bits per heavy atom. The van der Waals surface area contributed by atoms with Crippen LogP contribution >= 0.6 is 11.3 Å². The van der Waals surface area contributed by atoms with Gasteiger partial charge in [0.15, 0.2) is 4.96 Å². The van der Waals surface area contributed by atoms with Gasteiger partial charge in [0.25, 0.3) is 0 Å². The number of thiazole rings is 1. The van der Waals surface area contributed by atoms with Crippen molar-refractivity contribution in [3.8, 4) is 5.88 Å². The average molecular weight is 287 g/mol. The summed E-state index contributed by atoms with van der Waals surface area (Å²) in [6.07, 6.45) is 2.03. The number of hydrogen-bond donors (Lipinski definition) is 1. The van der Waals surface area contributed by atoms with Gasteiger partial charge in [-0.15, -0.1) is 11.3 Å². The SMILES string of the molecule is COc1nc2sccn2c1CN[C@@H](C)c1ccccc1. The van der Waals surface area contributed by atoms with Crippen molar-refractivity contribution >= 4 is 16.3 Å². The van der Waals surface area contributed by atoms with Gasteiger partial charge in [-0.2, -0.15) is 4.98 Å². The highest BCUT2D eigenvalue weighted by Crippen LogP contribution is 2.23. The van der Waals surface area contributed by atoms with Gasteiger partial charge in [-0.1, -0.05) is 30.3 Å². The molecule has 3 aromatic rings. The second-order valence-electron chi connectivity index (χ2n) is 4.64. The van der Waals surface area contributed by atoms with E-state index in [0.717, 1.165) is 17.2 Å². The molecule has 0 spiro atoms. The van der Waals surface area contributed by atoms with Crippen LogP contribution in [0.4, 0.5) is 0 Å². The van der Waals surface area contributed by atoms with Gasteiger partial charge in [-0.05, 0) is 12.5 Å². The molecule has 0 aliphatic heterocycles. The van der Waals surface area contributed by atoms with E-state index in [9.17, 15) is 0 Å². The normalized spacial score (nSPS) is 12.7. The molecule has 5 heteroatoms. The third-order valence-electron chi connectivity index (χ3n) is 3.39. The van der Waals surface area contributed by atoms with Gasteiger partial charge in [0.2, 0.25) is 5.88 Å². The van der Waals surface area contributed by atoms with E-state index in [4.69, 9.17) is 4.74 Å². The Morgan fingerprint density at radius 2 is 2.15 bits per heavy atom. The van der Waals surface area contributed by atoms with Crippen LogP contribution in [0.15, 0.2) is 41.9 Å². The van der Waals surface area contributed by atoms with E-state index in [1.807, 2.05) is 17.6 Å². The second-order valence-corrected chi connectivity index (χ2v) is 5.51. The van der Waals surface area contributed by atoms with Crippen LogP contribution in [0.25, 0.3) is 4.96 Å². The fourth-order valence-electron chi connectivity index (χ4n) is 2.25. The molecule has 0 radical (unpaired) electrons. The summed E-state index contributed by atoms with van der Waals surface area (Å²) in [6.45, 7) is 2.88. The number of rotatable bonds is 5. The van der Waals surface area contributed by atoms with Crippen LogP contribution in [0.2, 0.25) is 0 Å². The monoisotopic (exact) mass is 287 g/mol. The number of nitrogens with zero attached hydrogens (tertiary/aromatic N) is 2. The van der Waals surface area contributed by atoms with E-state index in [1.165, 1.54) is 5.56 Å². The molecule has 0 aliphatic rings. The molecule has 20 heavy (non-hydrogen) atoms. The third kappa shape index (κ3) is 2.42. The number of imidazole rings is 1. The van der Waals surface area contributed by atoms with Crippen molar-refractivity contribution in [3.05, 3.63) is 53.2 Å². The summed E-state index contributed by atoms with van der Waals surface area (Å²) < 4.78 is 7.44. The van der Waals surface area contributed by atoms with Gasteiger partial charge >= 0.3 is 0 Å². The fourth-order valence-corrected chi connectivity index (χ4v) is 2.97. The molecule has 1 atom stereocenters. The molecule has 0 bridgehead atoms. The quantitative estimate of drug-likeness (QED) is 0.783. The summed E-state index contributed by atoms with van der Waals surface area (Å²) in [7, 11) is 1.66. The minimum atomic E-state index is 0.282. The van der Waals surface area contributed by atoms with Gasteiger partial charge in [0.1, 0.15) is 5.69 Å². The molecule has 0 saturated heterocycles. The number of methoxy groups -OCH3 is 1. The molecule has 0 unspecified atom stereocenters. The Labute approximate surface area is 122 Å². The first-order valence-corrected chi connectivity index (χ1v) is 7.44. The molecule has 1 aromatic carbocycles. The number of fused-ring (bicyclic) bond motifs is 1. The van der Waals surface area contributed by atoms with Crippen LogP contribution in [0, 0.1) is 0 Å². The highest BCUT2D eigenvalue weighted by Gasteiger charge is 2.14. The van der Waals surface area contributed by atoms with Crippen LogP contribution in [0.1, 0.15) is 24.2 Å². The van der Waals surface area contributed by atoms with Crippen molar-refractivity contribution in [2.75, 3.05) is 7.11 Å². The minimum absolute atomic E-state index is 0.282. The van der Waals surface area contributed by atoms with E-state index in [1.54, 1.807) is 18.4 Å². The molecule has 2 aromatic heterocycles. The van der Waals surface area contributed by atoms with Crippen LogP contribution in [0.5, 0.6) is 5.88 Å². The first kappa shape index (κ1) is 13.1. The zero-order chi connectivity index (χ0) is 13.9. The molecular weight excluding hydrogens is 270 g/mol. The topological polar surface area (TPSA) is 38.6 Å². The maximum atomic E-state index is 5.36. The highest BCUT2D eigenvalue weighted by molar-refractivity contribution is 7.15. The molecule has 4 nitrogen and oxygen atoms in total. The number of nitrogens with one attached hydrogen (secondary N) is 1. The Balaban J connectivity index is 1.78. The molecule has 3 rings (SSSR count). The van der Waals surface area contributed by atoms with Gasteiger partial charge < -0.3 is 10.1 Å². The maximum absolute atomic E-state index is 5.36. The maximum Gasteiger partial charge on any atom is 0.237 e. The first-order chi connectivity index (χ1) is 9.79. The lowest BCUT2D eigenvalue weighted by atomic mass is 10.1. The lowest BCUT2D eigenvalue weighted by Gasteiger charge is -2.14. The van der Waals surface area contributed by atoms with Gasteiger partial charge in [-0.3, -0.25) is 4.40 Å². The highest BCUT2D eigenvalue weighted by atomic mass is 32.1. The molecule has 0 aliphatic carbocycles. The zero-order valence-electron chi connectivity index (χ0n) is 11.5. The molecule has 104 valence electrons. The summed E-state index contributed by atoms with van der Waals surface area (Å²) in [5, 5.41) is 5.56. The Bertz CT molecular complexity index is 690. The third-order valence-corrected chi connectivity index (χ3v) is 4.15. The van der Waals surface area contributed by atoms with E-state index in [0.29, 0.717) is 5.88 Å².